The van der Waals surface area contributed by atoms with E-state index in [1.165, 1.54) is 13.2 Å². The van der Waals surface area contributed by atoms with Crippen LogP contribution in [0.5, 0.6) is 11.5 Å². The van der Waals surface area contributed by atoms with Crippen LogP contribution < -0.4 is 14.8 Å². The lowest BCUT2D eigenvalue weighted by molar-refractivity contribution is -0.385. The van der Waals surface area contributed by atoms with E-state index in [-0.39, 0.29) is 29.2 Å². The number of methoxy groups -OCH3 is 1. The minimum absolute atomic E-state index is 0.139. The molecule has 1 N–H and O–H groups in total. The van der Waals surface area contributed by atoms with Gasteiger partial charge in [0.2, 0.25) is 0 Å². The fourth-order valence-corrected chi connectivity index (χ4v) is 2.31. The lowest BCUT2D eigenvalue weighted by Gasteiger charge is -2.12. The van der Waals surface area contributed by atoms with Gasteiger partial charge in [0.15, 0.2) is 11.5 Å². The summed E-state index contributed by atoms with van der Waals surface area (Å²) in [5.74, 6) is -0.223. The van der Waals surface area contributed by atoms with Gasteiger partial charge in [-0.25, -0.2) is 0 Å². The van der Waals surface area contributed by atoms with Crippen molar-refractivity contribution in [2.24, 2.45) is 0 Å². The largest absolute Gasteiger partial charge is 0.493 e. The number of anilines is 1. The number of amides is 1. The van der Waals surface area contributed by atoms with Crippen molar-refractivity contribution in [3.8, 4) is 17.6 Å². The molecule has 0 aliphatic heterocycles. The molecule has 0 radical (unpaired) electrons. The number of nitro benzene ring substituents is 1. The molecule has 0 aliphatic carbocycles. The van der Waals surface area contributed by atoms with Gasteiger partial charge in [-0.1, -0.05) is 12.1 Å². The van der Waals surface area contributed by atoms with Crippen molar-refractivity contribution in [2.75, 3.05) is 19.0 Å². The van der Waals surface area contributed by atoms with Crippen LogP contribution in [0.1, 0.15) is 22.8 Å². The van der Waals surface area contributed by atoms with Crippen LogP contribution in [0.3, 0.4) is 0 Å². The molecule has 1 amide bonds. The molecular formula is C18H17N3O5. The third-order valence-electron chi connectivity index (χ3n) is 3.52. The molecule has 8 heteroatoms. The van der Waals surface area contributed by atoms with Crippen molar-refractivity contribution in [1.82, 2.24) is 0 Å². The summed E-state index contributed by atoms with van der Waals surface area (Å²) in [4.78, 5) is 23.2. The number of rotatable bonds is 7. The molecule has 26 heavy (non-hydrogen) atoms. The van der Waals surface area contributed by atoms with Gasteiger partial charge in [-0.3, -0.25) is 14.9 Å². The van der Waals surface area contributed by atoms with Crippen LogP contribution in [0.25, 0.3) is 0 Å². The van der Waals surface area contributed by atoms with E-state index < -0.39 is 10.8 Å². The molecule has 0 aliphatic rings. The Labute approximate surface area is 150 Å². The summed E-state index contributed by atoms with van der Waals surface area (Å²) in [6.07, 6.45) is 0.260. The first-order chi connectivity index (χ1) is 12.5. The predicted octanol–water partition coefficient (Wildman–Crippen LogP) is 3.32. The van der Waals surface area contributed by atoms with Crippen LogP contribution in [0.2, 0.25) is 0 Å². The van der Waals surface area contributed by atoms with Gasteiger partial charge in [-0.05, 0) is 24.6 Å². The van der Waals surface area contributed by atoms with Crippen LogP contribution in [-0.4, -0.2) is 24.5 Å². The number of ether oxygens (including phenoxy) is 2. The van der Waals surface area contributed by atoms with Crippen molar-refractivity contribution in [3.05, 3.63) is 57.6 Å². The van der Waals surface area contributed by atoms with E-state index in [9.17, 15) is 14.9 Å². The number of carbonyl (C=O) groups is 1. The lowest BCUT2D eigenvalue weighted by atomic mass is 10.1. The van der Waals surface area contributed by atoms with Gasteiger partial charge < -0.3 is 14.8 Å². The second-order valence-electron chi connectivity index (χ2n) is 5.20. The molecule has 0 unspecified atom stereocenters. The highest BCUT2D eigenvalue weighted by Gasteiger charge is 2.24. The van der Waals surface area contributed by atoms with Gasteiger partial charge >= 0.3 is 0 Å². The van der Waals surface area contributed by atoms with Crippen molar-refractivity contribution in [2.45, 2.75) is 13.3 Å². The number of benzene rings is 2. The zero-order valence-electron chi connectivity index (χ0n) is 14.3. The van der Waals surface area contributed by atoms with Gasteiger partial charge in [0.05, 0.1) is 37.2 Å². The van der Waals surface area contributed by atoms with Gasteiger partial charge in [-0.2, -0.15) is 5.26 Å². The van der Waals surface area contributed by atoms with Gasteiger partial charge in [0.25, 0.3) is 11.6 Å². The summed E-state index contributed by atoms with van der Waals surface area (Å²) in [6, 6.07) is 11.1. The summed E-state index contributed by atoms with van der Waals surface area (Å²) in [5, 5.41) is 22.6. The molecule has 0 bridgehead atoms. The molecule has 0 spiro atoms. The number of hydrogen-bond acceptors (Lipinski definition) is 6. The Kier molecular flexibility index (Phi) is 6.11. The van der Waals surface area contributed by atoms with E-state index in [1.807, 2.05) is 6.07 Å². The van der Waals surface area contributed by atoms with Gasteiger partial charge in [0, 0.05) is 11.8 Å². The Morgan fingerprint density at radius 3 is 2.50 bits per heavy atom. The Hall–Kier alpha value is -3.60. The molecule has 0 saturated carbocycles. The molecule has 0 aromatic heterocycles. The van der Waals surface area contributed by atoms with Crippen molar-refractivity contribution < 1.29 is 19.2 Å². The maximum atomic E-state index is 12.5. The number of nitro groups is 1. The molecule has 2 rings (SSSR count). The monoisotopic (exact) mass is 355 g/mol. The van der Waals surface area contributed by atoms with Crippen LogP contribution in [0.15, 0.2) is 36.4 Å². The Morgan fingerprint density at radius 2 is 1.96 bits per heavy atom. The van der Waals surface area contributed by atoms with E-state index in [4.69, 9.17) is 14.7 Å². The minimum Gasteiger partial charge on any atom is -0.493 e. The third kappa shape index (κ3) is 4.27. The van der Waals surface area contributed by atoms with E-state index in [0.717, 1.165) is 11.6 Å². The highest BCUT2D eigenvalue weighted by atomic mass is 16.6. The van der Waals surface area contributed by atoms with Crippen molar-refractivity contribution in [3.63, 3.8) is 0 Å². The minimum atomic E-state index is -0.650. The Morgan fingerprint density at radius 1 is 1.27 bits per heavy atom. The summed E-state index contributed by atoms with van der Waals surface area (Å²) < 4.78 is 10.5. The molecule has 0 saturated heterocycles. The SMILES string of the molecule is CCOc1cc(C(=O)Nc2ccc(CC#N)cc2)c([N+](=O)[O-])cc1OC. The fourth-order valence-electron chi connectivity index (χ4n) is 2.31. The maximum absolute atomic E-state index is 12.5. The Balaban J connectivity index is 2.35. The van der Waals surface area contributed by atoms with Crippen LogP contribution in [0, 0.1) is 21.4 Å². The molecule has 0 heterocycles. The highest BCUT2D eigenvalue weighted by Crippen LogP contribution is 2.35. The van der Waals surface area contributed by atoms with Gasteiger partial charge in [0.1, 0.15) is 5.56 Å². The second kappa shape index (κ2) is 8.48. The van der Waals surface area contributed by atoms with Crippen molar-refractivity contribution in [1.29, 1.82) is 5.26 Å². The zero-order valence-corrected chi connectivity index (χ0v) is 14.3. The molecule has 134 valence electrons. The van der Waals surface area contributed by atoms with Crippen LogP contribution in [-0.2, 0) is 6.42 Å². The van der Waals surface area contributed by atoms with Gasteiger partial charge in [-0.15, -0.1) is 0 Å². The number of hydrogen-bond donors (Lipinski definition) is 1. The summed E-state index contributed by atoms with van der Waals surface area (Å²) in [5.41, 5.74) is 0.739. The third-order valence-corrected chi connectivity index (χ3v) is 3.52. The Bertz CT molecular complexity index is 856. The predicted molar refractivity (Wildman–Crippen MR) is 94.5 cm³/mol. The standard InChI is InChI=1S/C18H17N3O5/c1-3-26-17-10-14(15(21(23)24)11-16(17)25-2)18(22)20-13-6-4-12(5-7-13)8-9-19/h4-7,10-11H,3,8H2,1-2H3,(H,20,22). The van der Waals surface area contributed by atoms with E-state index in [1.54, 1.807) is 31.2 Å². The van der Waals surface area contributed by atoms with E-state index in [0.29, 0.717) is 12.3 Å². The number of nitrogens with one attached hydrogen (secondary N) is 1. The molecule has 8 nitrogen and oxygen atoms in total. The summed E-state index contributed by atoms with van der Waals surface area (Å²) >= 11 is 0. The summed E-state index contributed by atoms with van der Waals surface area (Å²) in [7, 11) is 1.37. The quantitative estimate of drug-likeness (QED) is 0.602. The van der Waals surface area contributed by atoms with Crippen LogP contribution in [0.4, 0.5) is 11.4 Å². The first-order valence-electron chi connectivity index (χ1n) is 7.76. The second-order valence-corrected chi connectivity index (χ2v) is 5.20. The molecule has 0 atom stereocenters. The molecule has 2 aromatic carbocycles. The lowest BCUT2D eigenvalue weighted by Crippen LogP contribution is -2.14. The number of nitriles is 1. The van der Waals surface area contributed by atoms with Crippen LogP contribution >= 0.6 is 0 Å². The first-order valence-corrected chi connectivity index (χ1v) is 7.76. The smallest absolute Gasteiger partial charge is 0.286 e. The number of nitrogens with zero attached hydrogens (tertiary/aromatic N) is 2. The maximum Gasteiger partial charge on any atom is 0.286 e. The fraction of sp³-hybridized carbons (Fsp3) is 0.222. The van der Waals surface area contributed by atoms with Crippen molar-refractivity contribution >= 4 is 17.3 Å². The summed E-state index contributed by atoms with van der Waals surface area (Å²) in [6.45, 7) is 2.07. The normalized spacial score (nSPS) is 9.88. The van der Waals surface area contributed by atoms with E-state index >= 15 is 0 Å². The molecule has 0 fully saturated rings. The number of carbonyl (C=O) groups excluding carboxylic acids is 1. The average molecular weight is 355 g/mol. The molecular weight excluding hydrogens is 338 g/mol. The molecule has 2 aromatic rings. The first kappa shape index (κ1) is 18.7. The average Bonchev–Trinajstić information content (AvgIpc) is 2.63. The van der Waals surface area contributed by atoms with E-state index in [2.05, 4.69) is 5.32 Å². The zero-order chi connectivity index (χ0) is 19.1. The topological polar surface area (TPSA) is 114 Å². The highest BCUT2D eigenvalue weighted by molar-refractivity contribution is 6.07.